The number of nitrogens with one attached hydrogen (secondary N) is 1. The van der Waals surface area contributed by atoms with Gasteiger partial charge >= 0.3 is 0 Å². The highest BCUT2D eigenvalue weighted by Gasteiger charge is 2.19. The number of oxazole rings is 1. The zero-order chi connectivity index (χ0) is 17.7. The lowest BCUT2D eigenvalue weighted by molar-refractivity contribution is 0.376. The monoisotopic (exact) mass is 348 g/mol. The molecule has 0 aliphatic carbocycles. The summed E-state index contributed by atoms with van der Waals surface area (Å²) in [4.78, 5) is 10.7. The molecule has 1 N–H and O–H groups in total. The Morgan fingerprint density at radius 1 is 1.29 bits per heavy atom. The predicted octanol–water partition coefficient (Wildman–Crippen LogP) is 3.83. The van der Waals surface area contributed by atoms with Crippen molar-refractivity contribution in [2.24, 2.45) is 4.99 Å². The van der Waals surface area contributed by atoms with Gasteiger partial charge in [0.15, 0.2) is 5.96 Å². The second-order valence-electron chi connectivity index (χ2n) is 6.75. The van der Waals surface area contributed by atoms with Crippen molar-refractivity contribution in [2.45, 2.75) is 39.3 Å². The van der Waals surface area contributed by atoms with Gasteiger partial charge in [0.05, 0.1) is 12.7 Å². The molecule has 0 spiro atoms. The highest BCUT2D eigenvalue weighted by Crippen LogP contribution is 2.22. The SMILES string of the molecule is CN=C(NCc1ncc(C(C)(C)C)o1)N(C)Cc1ccc(Cl)cc1. The maximum atomic E-state index is 5.92. The molecule has 0 aliphatic rings. The molecule has 130 valence electrons. The molecule has 0 unspecified atom stereocenters. The van der Waals surface area contributed by atoms with Crippen LogP contribution in [0, 0.1) is 0 Å². The molecule has 0 atom stereocenters. The van der Waals surface area contributed by atoms with Crippen molar-refractivity contribution < 1.29 is 4.42 Å². The fourth-order valence-corrected chi connectivity index (χ4v) is 2.34. The molecule has 24 heavy (non-hydrogen) atoms. The Labute approximate surface area is 148 Å². The van der Waals surface area contributed by atoms with E-state index in [-0.39, 0.29) is 5.41 Å². The zero-order valence-corrected chi connectivity index (χ0v) is 15.7. The van der Waals surface area contributed by atoms with Crippen molar-refractivity contribution in [3.05, 3.63) is 52.7 Å². The van der Waals surface area contributed by atoms with Gasteiger partial charge in [-0.05, 0) is 17.7 Å². The van der Waals surface area contributed by atoms with Gasteiger partial charge in [0.2, 0.25) is 5.89 Å². The van der Waals surface area contributed by atoms with Crippen LogP contribution >= 0.6 is 11.6 Å². The minimum atomic E-state index is -0.0434. The lowest BCUT2D eigenvalue weighted by Crippen LogP contribution is -2.38. The van der Waals surface area contributed by atoms with Crippen LogP contribution in [0.4, 0.5) is 0 Å². The minimum Gasteiger partial charge on any atom is -0.443 e. The first-order valence-corrected chi connectivity index (χ1v) is 8.29. The number of benzene rings is 1. The van der Waals surface area contributed by atoms with E-state index in [1.54, 1.807) is 13.2 Å². The Bertz CT molecular complexity index is 686. The van der Waals surface area contributed by atoms with Crippen LogP contribution in [0.15, 0.2) is 39.9 Å². The predicted molar refractivity (Wildman–Crippen MR) is 98.3 cm³/mol. The Morgan fingerprint density at radius 2 is 1.96 bits per heavy atom. The molecule has 0 saturated heterocycles. The van der Waals surface area contributed by atoms with Gasteiger partial charge in [-0.1, -0.05) is 44.5 Å². The highest BCUT2D eigenvalue weighted by atomic mass is 35.5. The Hall–Kier alpha value is -2.01. The molecule has 0 bridgehead atoms. The van der Waals surface area contributed by atoms with Gasteiger partial charge in [-0.2, -0.15) is 0 Å². The Balaban J connectivity index is 1.94. The first-order valence-electron chi connectivity index (χ1n) is 7.91. The molecule has 1 heterocycles. The number of nitrogens with zero attached hydrogens (tertiary/aromatic N) is 3. The molecular formula is C18H25ClN4O. The summed E-state index contributed by atoms with van der Waals surface area (Å²) in [6, 6.07) is 7.80. The fraction of sp³-hybridized carbons (Fsp3) is 0.444. The molecular weight excluding hydrogens is 324 g/mol. The second-order valence-corrected chi connectivity index (χ2v) is 7.19. The van der Waals surface area contributed by atoms with Gasteiger partial charge in [-0.25, -0.2) is 4.98 Å². The average molecular weight is 349 g/mol. The number of hydrogen-bond donors (Lipinski definition) is 1. The van der Waals surface area contributed by atoms with E-state index in [1.807, 2.05) is 36.2 Å². The van der Waals surface area contributed by atoms with E-state index >= 15 is 0 Å². The molecule has 0 amide bonds. The van der Waals surface area contributed by atoms with Crippen LogP contribution in [0.25, 0.3) is 0 Å². The molecule has 0 aliphatic heterocycles. The molecule has 0 fully saturated rings. The van der Waals surface area contributed by atoms with Crippen LogP contribution in [0.3, 0.4) is 0 Å². The van der Waals surface area contributed by atoms with Crippen LogP contribution in [0.1, 0.15) is 38.0 Å². The number of aromatic nitrogens is 1. The van der Waals surface area contributed by atoms with E-state index in [0.29, 0.717) is 12.4 Å². The third kappa shape index (κ3) is 4.99. The summed E-state index contributed by atoms with van der Waals surface area (Å²) in [5.41, 5.74) is 1.12. The van der Waals surface area contributed by atoms with E-state index in [2.05, 4.69) is 36.1 Å². The van der Waals surface area contributed by atoms with Gasteiger partial charge in [0, 0.05) is 31.1 Å². The standard InChI is InChI=1S/C18H25ClN4O/c1-18(2,3)15-10-21-16(24-15)11-22-17(20-4)23(5)12-13-6-8-14(19)9-7-13/h6-10H,11-12H2,1-5H3,(H,20,22). The summed E-state index contributed by atoms with van der Waals surface area (Å²) in [6.07, 6.45) is 1.79. The first-order chi connectivity index (χ1) is 11.3. The highest BCUT2D eigenvalue weighted by molar-refractivity contribution is 6.30. The van der Waals surface area contributed by atoms with Crippen LogP contribution in [0.2, 0.25) is 5.02 Å². The first kappa shape index (κ1) is 18.3. The third-order valence-electron chi connectivity index (χ3n) is 3.60. The van der Waals surface area contributed by atoms with Crippen LogP contribution < -0.4 is 5.32 Å². The lowest BCUT2D eigenvalue weighted by Gasteiger charge is -2.21. The lowest BCUT2D eigenvalue weighted by atomic mass is 9.94. The number of halogens is 1. The van der Waals surface area contributed by atoms with E-state index in [4.69, 9.17) is 16.0 Å². The normalized spacial score (nSPS) is 12.3. The van der Waals surface area contributed by atoms with Crippen LogP contribution in [-0.4, -0.2) is 29.9 Å². The van der Waals surface area contributed by atoms with Gasteiger partial charge in [0.25, 0.3) is 0 Å². The summed E-state index contributed by atoms with van der Waals surface area (Å²) in [7, 11) is 3.75. The summed E-state index contributed by atoms with van der Waals surface area (Å²) in [5.74, 6) is 2.31. The average Bonchev–Trinajstić information content (AvgIpc) is 2.99. The smallest absolute Gasteiger partial charge is 0.213 e. The van der Waals surface area contributed by atoms with Gasteiger partial charge in [-0.3, -0.25) is 4.99 Å². The molecule has 1 aromatic carbocycles. The van der Waals surface area contributed by atoms with Gasteiger partial charge < -0.3 is 14.6 Å². The van der Waals surface area contributed by atoms with E-state index in [9.17, 15) is 0 Å². The van der Waals surface area contributed by atoms with Crippen molar-refractivity contribution in [2.75, 3.05) is 14.1 Å². The van der Waals surface area contributed by atoms with E-state index in [0.717, 1.165) is 28.9 Å². The van der Waals surface area contributed by atoms with E-state index < -0.39 is 0 Å². The molecule has 5 nitrogen and oxygen atoms in total. The number of guanidine groups is 1. The summed E-state index contributed by atoms with van der Waals surface area (Å²) in [5, 5.41) is 4.01. The second kappa shape index (κ2) is 7.71. The summed E-state index contributed by atoms with van der Waals surface area (Å²) < 4.78 is 5.79. The third-order valence-corrected chi connectivity index (χ3v) is 3.85. The van der Waals surface area contributed by atoms with Gasteiger partial charge in [-0.15, -0.1) is 0 Å². The number of rotatable bonds is 4. The van der Waals surface area contributed by atoms with Crippen molar-refractivity contribution in [1.82, 2.24) is 15.2 Å². The van der Waals surface area contributed by atoms with Gasteiger partial charge in [0.1, 0.15) is 5.76 Å². The Morgan fingerprint density at radius 3 is 2.50 bits per heavy atom. The quantitative estimate of drug-likeness (QED) is 0.674. The summed E-state index contributed by atoms with van der Waals surface area (Å²) >= 11 is 5.92. The fourth-order valence-electron chi connectivity index (χ4n) is 2.22. The molecule has 1 aromatic heterocycles. The van der Waals surface area contributed by atoms with Crippen molar-refractivity contribution >= 4 is 17.6 Å². The van der Waals surface area contributed by atoms with Crippen molar-refractivity contribution in [3.63, 3.8) is 0 Å². The molecule has 0 saturated carbocycles. The number of aliphatic imine (C=N–C) groups is 1. The molecule has 6 heteroatoms. The largest absolute Gasteiger partial charge is 0.443 e. The Kier molecular flexibility index (Phi) is 5.89. The number of hydrogen-bond acceptors (Lipinski definition) is 3. The minimum absolute atomic E-state index is 0.0434. The molecule has 2 rings (SSSR count). The van der Waals surface area contributed by atoms with Crippen LogP contribution in [0.5, 0.6) is 0 Å². The molecule has 0 radical (unpaired) electrons. The zero-order valence-electron chi connectivity index (χ0n) is 14.9. The van der Waals surface area contributed by atoms with E-state index in [1.165, 1.54) is 0 Å². The molecule has 2 aromatic rings. The van der Waals surface area contributed by atoms with Crippen molar-refractivity contribution in [1.29, 1.82) is 0 Å². The maximum Gasteiger partial charge on any atom is 0.213 e. The maximum absolute atomic E-state index is 5.92. The van der Waals surface area contributed by atoms with Crippen LogP contribution in [-0.2, 0) is 18.5 Å². The topological polar surface area (TPSA) is 53.7 Å². The summed E-state index contributed by atoms with van der Waals surface area (Å²) in [6.45, 7) is 7.53. The van der Waals surface area contributed by atoms with Crippen molar-refractivity contribution in [3.8, 4) is 0 Å².